The number of ketones is 1. The van der Waals surface area contributed by atoms with Gasteiger partial charge in [-0.3, -0.25) is 4.79 Å². The molecule has 0 spiro atoms. The summed E-state index contributed by atoms with van der Waals surface area (Å²) in [6.07, 6.45) is 8.50. The molecular weight excluding hydrogens is 244 g/mol. The minimum Gasteiger partial charge on any atom is -0.299 e. The first-order valence-electron chi connectivity index (χ1n) is 8.22. The monoisotopic (exact) mass is 268 g/mol. The fraction of sp³-hybridized carbons (Fsp3) is 0.632. The Labute approximate surface area is 121 Å². The highest BCUT2D eigenvalue weighted by Gasteiger charge is 2.53. The average Bonchev–Trinajstić information content (AvgIpc) is 2.37. The number of aryl methyl sites for hydroxylation is 1. The largest absolute Gasteiger partial charge is 0.299 e. The summed E-state index contributed by atoms with van der Waals surface area (Å²) in [5.74, 6) is 3.13. The number of benzene rings is 1. The zero-order valence-corrected chi connectivity index (χ0v) is 12.4. The van der Waals surface area contributed by atoms with E-state index in [4.69, 9.17) is 0 Å². The van der Waals surface area contributed by atoms with E-state index in [1.54, 1.807) is 0 Å². The molecule has 0 atom stereocenters. The number of hydrogen-bond donors (Lipinski definition) is 0. The van der Waals surface area contributed by atoms with Gasteiger partial charge in [0.1, 0.15) is 5.78 Å². The molecule has 4 bridgehead atoms. The Balaban J connectivity index is 1.56. The summed E-state index contributed by atoms with van der Waals surface area (Å²) in [4.78, 5) is 13.0. The van der Waals surface area contributed by atoms with Gasteiger partial charge in [0.2, 0.25) is 0 Å². The van der Waals surface area contributed by atoms with E-state index in [1.807, 2.05) is 0 Å². The van der Waals surface area contributed by atoms with Crippen molar-refractivity contribution < 1.29 is 4.79 Å². The van der Waals surface area contributed by atoms with Gasteiger partial charge < -0.3 is 0 Å². The van der Waals surface area contributed by atoms with E-state index < -0.39 is 0 Å². The van der Waals surface area contributed by atoms with Crippen LogP contribution >= 0.6 is 0 Å². The van der Waals surface area contributed by atoms with Crippen molar-refractivity contribution in [1.29, 1.82) is 0 Å². The maximum atomic E-state index is 13.0. The van der Waals surface area contributed by atoms with Crippen LogP contribution in [-0.4, -0.2) is 5.78 Å². The fourth-order valence-electron chi connectivity index (χ4n) is 5.65. The SMILES string of the molecule is Cc1cccc(CC(=O)C23CC4CC(CC(C4)C2)C3)c1. The van der Waals surface area contributed by atoms with Crippen LogP contribution < -0.4 is 0 Å². The molecule has 1 heteroatoms. The lowest BCUT2D eigenvalue weighted by atomic mass is 9.48. The standard InChI is InChI=1S/C19H24O/c1-13-3-2-4-14(5-13)9-18(20)19-10-15-6-16(11-19)8-17(7-15)12-19/h2-5,15-17H,6-12H2,1H3. The molecule has 0 radical (unpaired) electrons. The smallest absolute Gasteiger partial charge is 0.143 e. The van der Waals surface area contributed by atoms with Crippen molar-refractivity contribution >= 4 is 5.78 Å². The van der Waals surface area contributed by atoms with E-state index in [2.05, 4.69) is 31.2 Å². The second kappa shape index (κ2) is 4.44. The Morgan fingerprint density at radius 3 is 2.25 bits per heavy atom. The van der Waals surface area contributed by atoms with Gasteiger partial charge in [0.15, 0.2) is 0 Å². The van der Waals surface area contributed by atoms with Gasteiger partial charge in [-0.15, -0.1) is 0 Å². The summed E-state index contributed by atoms with van der Waals surface area (Å²) < 4.78 is 0. The first kappa shape index (κ1) is 12.6. The Morgan fingerprint density at radius 1 is 1.10 bits per heavy atom. The van der Waals surface area contributed by atoms with Crippen molar-refractivity contribution in [2.75, 3.05) is 0 Å². The Morgan fingerprint density at radius 2 is 1.70 bits per heavy atom. The number of carbonyl (C=O) groups excluding carboxylic acids is 1. The molecule has 0 saturated heterocycles. The van der Waals surface area contributed by atoms with Gasteiger partial charge in [0.05, 0.1) is 0 Å². The second-order valence-electron chi connectivity index (χ2n) is 7.79. The van der Waals surface area contributed by atoms with Crippen LogP contribution in [0.5, 0.6) is 0 Å². The number of rotatable bonds is 3. The van der Waals surface area contributed by atoms with Gasteiger partial charge in [-0.25, -0.2) is 0 Å². The zero-order chi connectivity index (χ0) is 13.7. The molecule has 1 aromatic carbocycles. The van der Waals surface area contributed by atoms with Crippen molar-refractivity contribution in [3.8, 4) is 0 Å². The molecule has 4 saturated carbocycles. The molecule has 0 unspecified atom stereocenters. The van der Waals surface area contributed by atoms with Crippen LogP contribution in [-0.2, 0) is 11.2 Å². The van der Waals surface area contributed by atoms with Crippen LogP contribution in [0.2, 0.25) is 0 Å². The van der Waals surface area contributed by atoms with Gasteiger partial charge in [-0.2, -0.15) is 0 Å². The minimum absolute atomic E-state index is 0.0680. The van der Waals surface area contributed by atoms with E-state index in [0.717, 1.165) is 17.8 Å². The van der Waals surface area contributed by atoms with Crippen molar-refractivity contribution in [2.45, 2.75) is 51.9 Å². The number of carbonyl (C=O) groups is 1. The molecule has 4 fully saturated rings. The van der Waals surface area contributed by atoms with Crippen molar-refractivity contribution in [2.24, 2.45) is 23.2 Å². The first-order valence-corrected chi connectivity index (χ1v) is 8.22. The van der Waals surface area contributed by atoms with Crippen LogP contribution in [0.3, 0.4) is 0 Å². The number of hydrogen-bond acceptors (Lipinski definition) is 1. The van der Waals surface area contributed by atoms with Crippen LogP contribution in [0, 0.1) is 30.1 Å². The van der Waals surface area contributed by atoms with Gasteiger partial charge in [0.25, 0.3) is 0 Å². The Bertz CT molecular complexity index is 507. The maximum absolute atomic E-state index is 13.0. The molecular formula is C19H24O. The summed E-state index contributed by atoms with van der Waals surface area (Å²) >= 11 is 0. The molecule has 0 aromatic heterocycles. The summed E-state index contributed by atoms with van der Waals surface area (Å²) in [6.45, 7) is 2.11. The van der Waals surface area contributed by atoms with Crippen molar-refractivity contribution in [3.05, 3.63) is 35.4 Å². The Kier molecular flexibility index (Phi) is 2.80. The summed E-state index contributed by atoms with van der Waals surface area (Å²) in [6, 6.07) is 8.49. The normalized spacial score (nSPS) is 38.1. The van der Waals surface area contributed by atoms with E-state index in [0.29, 0.717) is 12.2 Å². The maximum Gasteiger partial charge on any atom is 0.143 e. The van der Waals surface area contributed by atoms with Crippen molar-refractivity contribution in [1.82, 2.24) is 0 Å². The van der Waals surface area contributed by atoms with Gasteiger partial charge >= 0.3 is 0 Å². The van der Waals surface area contributed by atoms with Crippen LogP contribution in [0.1, 0.15) is 49.7 Å². The Hall–Kier alpha value is -1.11. The minimum atomic E-state index is 0.0680. The third kappa shape index (κ3) is 2.03. The molecule has 106 valence electrons. The lowest BCUT2D eigenvalue weighted by molar-refractivity contribution is -0.143. The third-order valence-corrected chi connectivity index (χ3v) is 6.08. The average molecular weight is 268 g/mol. The molecule has 1 aromatic rings. The highest BCUT2D eigenvalue weighted by atomic mass is 16.1. The molecule has 5 rings (SSSR count). The van der Waals surface area contributed by atoms with Crippen molar-refractivity contribution in [3.63, 3.8) is 0 Å². The molecule has 0 aliphatic heterocycles. The van der Waals surface area contributed by atoms with Crippen LogP contribution in [0.4, 0.5) is 0 Å². The van der Waals surface area contributed by atoms with E-state index in [1.165, 1.54) is 49.7 Å². The predicted molar refractivity (Wildman–Crippen MR) is 80.5 cm³/mol. The molecule has 4 aliphatic rings. The zero-order valence-electron chi connectivity index (χ0n) is 12.4. The summed E-state index contributed by atoms with van der Waals surface area (Å²) in [7, 11) is 0. The lowest BCUT2D eigenvalue weighted by Gasteiger charge is -2.56. The van der Waals surface area contributed by atoms with Gasteiger partial charge in [-0.1, -0.05) is 29.8 Å². The molecule has 0 amide bonds. The van der Waals surface area contributed by atoms with Crippen LogP contribution in [0.25, 0.3) is 0 Å². The lowest BCUT2D eigenvalue weighted by Crippen LogP contribution is -2.50. The molecule has 0 heterocycles. The fourth-order valence-corrected chi connectivity index (χ4v) is 5.65. The molecule has 4 aliphatic carbocycles. The topological polar surface area (TPSA) is 17.1 Å². The molecule has 0 N–H and O–H groups in total. The summed E-state index contributed by atoms with van der Waals surface area (Å²) in [5, 5.41) is 0. The summed E-state index contributed by atoms with van der Waals surface area (Å²) in [5.41, 5.74) is 2.55. The highest BCUT2D eigenvalue weighted by molar-refractivity contribution is 5.87. The van der Waals surface area contributed by atoms with E-state index >= 15 is 0 Å². The predicted octanol–water partition coefficient (Wildman–Crippen LogP) is 4.32. The molecule has 20 heavy (non-hydrogen) atoms. The van der Waals surface area contributed by atoms with E-state index in [-0.39, 0.29) is 5.41 Å². The van der Waals surface area contributed by atoms with Crippen LogP contribution in [0.15, 0.2) is 24.3 Å². The second-order valence-corrected chi connectivity index (χ2v) is 7.79. The first-order chi connectivity index (χ1) is 9.63. The van der Waals surface area contributed by atoms with E-state index in [9.17, 15) is 4.79 Å². The third-order valence-electron chi connectivity index (χ3n) is 6.08. The quantitative estimate of drug-likeness (QED) is 0.797. The highest BCUT2D eigenvalue weighted by Crippen LogP contribution is 2.60. The van der Waals surface area contributed by atoms with Gasteiger partial charge in [0, 0.05) is 11.8 Å². The molecule has 1 nitrogen and oxygen atoms in total. The number of Topliss-reactive ketones (excluding diaryl/α,β-unsaturated/α-hetero) is 1. The van der Waals surface area contributed by atoms with Gasteiger partial charge in [-0.05, 0) is 68.8 Å².